The number of nitrogens with zero attached hydrogens (tertiary/aromatic N) is 1. The van der Waals surface area contributed by atoms with Gasteiger partial charge in [0.1, 0.15) is 5.82 Å². The summed E-state index contributed by atoms with van der Waals surface area (Å²) in [5, 5.41) is 3.23. The molecule has 84 valence electrons. The van der Waals surface area contributed by atoms with Gasteiger partial charge in [0, 0.05) is 16.1 Å². The van der Waals surface area contributed by atoms with Gasteiger partial charge in [0.05, 0.1) is 17.7 Å². The summed E-state index contributed by atoms with van der Waals surface area (Å²) >= 11 is 1.61. The number of hydrogen-bond acceptors (Lipinski definition) is 3. The van der Waals surface area contributed by atoms with Crippen LogP contribution in [0.5, 0.6) is 0 Å². The molecule has 0 bridgehead atoms. The van der Waals surface area contributed by atoms with Crippen molar-refractivity contribution >= 4 is 17.0 Å². The van der Waals surface area contributed by atoms with Gasteiger partial charge in [0.2, 0.25) is 0 Å². The third-order valence-electron chi connectivity index (χ3n) is 2.55. The largest absolute Gasteiger partial charge is 0.380 e. The van der Waals surface area contributed by atoms with Gasteiger partial charge in [-0.05, 0) is 26.0 Å². The van der Waals surface area contributed by atoms with Crippen LogP contribution in [0.15, 0.2) is 23.7 Å². The van der Waals surface area contributed by atoms with Crippen molar-refractivity contribution in [1.29, 1.82) is 0 Å². The second-order valence-corrected chi connectivity index (χ2v) is 4.57. The maximum Gasteiger partial charge on any atom is 0.128 e. The standard InChI is InChI=1S/C12H13FN2S/c1-8-10(13)4-3-5-11(8)14-6-12-9(2)15-7-16-12/h3-5,7,14H,6H2,1-2H3. The lowest BCUT2D eigenvalue weighted by Gasteiger charge is -2.09. The van der Waals surface area contributed by atoms with Crippen molar-refractivity contribution in [2.75, 3.05) is 5.32 Å². The third kappa shape index (κ3) is 2.22. The van der Waals surface area contributed by atoms with Crippen LogP contribution >= 0.6 is 11.3 Å². The Labute approximate surface area is 98.2 Å². The number of halogens is 1. The number of nitrogens with one attached hydrogen (secondary N) is 1. The van der Waals surface area contributed by atoms with Crippen LogP contribution < -0.4 is 5.32 Å². The van der Waals surface area contributed by atoms with Crippen LogP contribution in [0.25, 0.3) is 0 Å². The Hall–Kier alpha value is -1.42. The molecule has 0 radical (unpaired) electrons. The van der Waals surface area contributed by atoms with Gasteiger partial charge in [-0.2, -0.15) is 0 Å². The maximum atomic E-state index is 13.3. The highest BCUT2D eigenvalue weighted by Gasteiger charge is 2.04. The van der Waals surface area contributed by atoms with Gasteiger partial charge < -0.3 is 5.32 Å². The number of benzene rings is 1. The molecule has 1 heterocycles. The van der Waals surface area contributed by atoms with Gasteiger partial charge in [0.25, 0.3) is 0 Å². The minimum atomic E-state index is -0.175. The molecule has 2 rings (SSSR count). The lowest BCUT2D eigenvalue weighted by atomic mass is 10.2. The topological polar surface area (TPSA) is 24.9 Å². The predicted molar refractivity (Wildman–Crippen MR) is 65.3 cm³/mol. The van der Waals surface area contributed by atoms with Crippen LogP contribution in [0.4, 0.5) is 10.1 Å². The Balaban J connectivity index is 2.11. The van der Waals surface area contributed by atoms with Crippen molar-refractivity contribution in [3.63, 3.8) is 0 Å². The zero-order valence-corrected chi connectivity index (χ0v) is 10.1. The van der Waals surface area contributed by atoms with E-state index >= 15 is 0 Å². The van der Waals surface area contributed by atoms with Crippen molar-refractivity contribution in [2.45, 2.75) is 20.4 Å². The van der Waals surface area contributed by atoms with Crippen LogP contribution in [0.1, 0.15) is 16.1 Å². The van der Waals surface area contributed by atoms with E-state index in [1.165, 1.54) is 10.9 Å². The highest BCUT2D eigenvalue weighted by Crippen LogP contribution is 2.20. The Morgan fingerprint density at radius 3 is 2.88 bits per heavy atom. The molecule has 0 aliphatic heterocycles. The van der Waals surface area contributed by atoms with Crippen LogP contribution in [-0.2, 0) is 6.54 Å². The van der Waals surface area contributed by atoms with E-state index < -0.39 is 0 Å². The van der Waals surface area contributed by atoms with Crippen LogP contribution in [0.3, 0.4) is 0 Å². The first-order valence-corrected chi connectivity index (χ1v) is 5.94. The molecule has 1 N–H and O–H groups in total. The van der Waals surface area contributed by atoms with Crippen molar-refractivity contribution in [3.05, 3.63) is 45.7 Å². The van der Waals surface area contributed by atoms with Crippen molar-refractivity contribution < 1.29 is 4.39 Å². The first-order valence-electron chi connectivity index (χ1n) is 5.06. The average Bonchev–Trinajstić information content (AvgIpc) is 2.67. The Morgan fingerprint density at radius 1 is 1.38 bits per heavy atom. The number of rotatable bonds is 3. The Kier molecular flexibility index (Phi) is 3.19. The molecule has 0 aliphatic rings. The molecular formula is C12H13FN2S. The summed E-state index contributed by atoms with van der Waals surface area (Å²) < 4.78 is 13.3. The molecule has 0 amide bonds. The summed E-state index contributed by atoms with van der Waals surface area (Å²) in [5.74, 6) is -0.175. The lowest BCUT2D eigenvalue weighted by molar-refractivity contribution is 0.619. The van der Waals surface area contributed by atoms with E-state index in [2.05, 4.69) is 10.3 Å². The highest BCUT2D eigenvalue weighted by atomic mass is 32.1. The first-order chi connectivity index (χ1) is 7.68. The molecule has 16 heavy (non-hydrogen) atoms. The molecule has 4 heteroatoms. The summed E-state index contributed by atoms with van der Waals surface area (Å²) in [5.41, 5.74) is 4.36. The fourth-order valence-corrected chi connectivity index (χ4v) is 2.19. The molecule has 1 aromatic heterocycles. The van der Waals surface area contributed by atoms with Gasteiger partial charge >= 0.3 is 0 Å². The SMILES string of the molecule is Cc1ncsc1CNc1cccc(F)c1C. The van der Waals surface area contributed by atoms with Crippen LogP contribution in [-0.4, -0.2) is 4.98 Å². The predicted octanol–water partition coefficient (Wildman–Crippen LogP) is 3.51. The quantitative estimate of drug-likeness (QED) is 0.882. The summed E-state index contributed by atoms with van der Waals surface area (Å²) in [6, 6.07) is 5.07. The monoisotopic (exact) mass is 236 g/mol. The van der Waals surface area contributed by atoms with E-state index in [9.17, 15) is 4.39 Å². The molecule has 0 unspecified atom stereocenters. The van der Waals surface area contributed by atoms with E-state index in [0.717, 1.165) is 11.4 Å². The fourth-order valence-electron chi connectivity index (χ4n) is 1.47. The normalized spacial score (nSPS) is 10.4. The highest BCUT2D eigenvalue weighted by molar-refractivity contribution is 7.09. The summed E-state index contributed by atoms with van der Waals surface area (Å²) in [4.78, 5) is 5.36. The van der Waals surface area contributed by atoms with E-state index in [4.69, 9.17) is 0 Å². The fraction of sp³-hybridized carbons (Fsp3) is 0.250. The van der Waals surface area contributed by atoms with Gasteiger partial charge in [-0.3, -0.25) is 0 Å². The van der Waals surface area contributed by atoms with Crippen molar-refractivity contribution in [2.24, 2.45) is 0 Å². The third-order valence-corrected chi connectivity index (χ3v) is 3.49. The zero-order valence-electron chi connectivity index (χ0n) is 9.25. The number of hydrogen-bond donors (Lipinski definition) is 1. The molecule has 0 saturated carbocycles. The smallest absolute Gasteiger partial charge is 0.128 e. The number of anilines is 1. The molecule has 2 nitrogen and oxygen atoms in total. The number of aryl methyl sites for hydroxylation is 1. The maximum absolute atomic E-state index is 13.3. The number of aromatic nitrogens is 1. The lowest BCUT2D eigenvalue weighted by Crippen LogP contribution is -2.01. The van der Waals surface area contributed by atoms with E-state index in [1.807, 2.05) is 18.5 Å². The van der Waals surface area contributed by atoms with Crippen molar-refractivity contribution in [1.82, 2.24) is 4.98 Å². The molecule has 0 aliphatic carbocycles. The molecular weight excluding hydrogens is 223 g/mol. The average molecular weight is 236 g/mol. The van der Waals surface area contributed by atoms with E-state index in [-0.39, 0.29) is 5.82 Å². The van der Waals surface area contributed by atoms with E-state index in [0.29, 0.717) is 12.1 Å². The zero-order chi connectivity index (χ0) is 11.5. The summed E-state index contributed by atoms with van der Waals surface area (Å²) in [6.07, 6.45) is 0. The minimum absolute atomic E-state index is 0.175. The van der Waals surface area contributed by atoms with E-state index in [1.54, 1.807) is 24.3 Å². The molecule has 2 aromatic rings. The molecule has 1 aromatic carbocycles. The summed E-state index contributed by atoms with van der Waals surface area (Å²) in [6.45, 7) is 4.45. The van der Waals surface area contributed by atoms with Gasteiger partial charge in [-0.15, -0.1) is 11.3 Å². The second kappa shape index (κ2) is 4.61. The number of thiazole rings is 1. The molecule has 0 atom stereocenters. The Bertz CT molecular complexity index is 494. The van der Waals surface area contributed by atoms with Gasteiger partial charge in [0.15, 0.2) is 0 Å². The first kappa shape index (κ1) is 11.1. The van der Waals surface area contributed by atoms with Crippen molar-refractivity contribution in [3.8, 4) is 0 Å². The Morgan fingerprint density at radius 2 is 2.19 bits per heavy atom. The molecule has 0 fully saturated rings. The molecule has 0 spiro atoms. The molecule has 0 saturated heterocycles. The second-order valence-electron chi connectivity index (χ2n) is 3.63. The summed E-state index contributed by atoms with van der Waals surface area (Å²) in [7, 11) is 0. The minimum Gasteiger partial charge on any atom is -0.380 e. The van der Waals surface area contributed by atoms with Crippen LogP contribution in [0, 0.1) is 19.7 Å². The van der Waals surface area contributed by atoms with Gasteiger partial charge in [-0.1, -0.05) is 6.07 Å². The van der Waals surface area contributed by atoms with Crippen LogP contribution in [0.2, 0.25) is 0 Å². The van der Waals surface area contributed by atoms with Gasteiger partial charge in [-0.25, -0.2) is 9.37 Å².